The van der Waals surface area contributed by atoms with Crippen molar-refractivity contribution >= 4 is 52.5 Å². The molecule has 2 rings (SSSR count). The molecule has 1 unspecified atom stereocenters. The Balaban J connectivity index is 0.00000312. The van der Waals surface area contributed by atoms with Gasteiger partial charge in [0, 0.05) is 6.42 Å². The lowest BCUT2D eigenvalue weighted by atomic mass is 9.84. The van der Waals surface area contributed by atoms with Crippen molar-refractivity contribution in [3.63, 3.8) is 0 Å². The summed E-state index contributed by atoms with van der Waals surface area (Å²) in [5, 5.41) is 14.5. The number of rotatable bonds is 8. The first-order valence-electron chi connectivity index (χ1n) is 8.21. The van der Waals surface area contributed by atoms with Gasteiger partial charge in [-0.05, 0) is 44.7 Å². The van der Waals surface area contributed by atoms with Gasteiger partial charge in [0.05, 0.1) is 12.4 Å². The Labute approximate surface area is 162 Å². The number of aromatic nitrogens is 2. The minimum atomic E-state index is -0.279. The highest BCUT2D eigenvalue weighted by atomic mass is 35.5. The average Bonchev–Trinajstić information content (AvgIpc) is 3.01. The molecule has 0 spiro atoms. The molecule has 1 aromatic heterocycles. The Morgan fingerprint density at radius 3 is 2.80 bits per heavy atom. The van der Waals surface area contributed by atoms with Gasteiger partial charge in [-0.25, -0.2) is 0 Å². The molecule has 1 aliphatic rings. The second kappa shape index (κ2) is 11.7. The maximum absolute atomic E-state index is 12.2. The van der Waals surface area contributed by atoms with Crippen LogP contribution in [-0.4, -0.2) is 47.5 Å². The smallest absolute Gasteiger partial charge is 0.316 e. The summed E-state index contributed by atoms with van der Waals surface area (Å²) < 4.78 is 5.50. The number of amides is 1. The van der Waals surface area contributed by atoms with Gasteiger partial charge in [0.15, 0.2) is 4.34 Å². The molecule has 2 N–H and O–H groups in total. The molecule has 1 amide bonds. The quantitative estimate of drug-likeness (QED) is 0.388. The van der Waals surface area contributed by atoms with Crippen molar-refractivity contribution in [1.82, 2.24) is 15.5 Å². The van der Waals surface area contributed by atoms with E-state index in [1.54, 1.807) is 6.92 Å². The first-order valence-corrected chi connectivity index (χ1v) is 10.0. The normalized spacial score (nSPS) is 15.9. The number of carbonyl (C=O) groups is 2. The summed E-state index contributed by atoms with van der Waals surface area (Å²) in [7, 11) is 0. The number of ether oxygens (including phenoxy) is 1. The Hall–Kier alpha value is -0.900. The van der Waals surface area contributed by atoms with Crippen LogP contribution in [0.2, 0.25) is 0 Å². The molecule has 10 heteroatoms. The standard InChI is InChI=1S/C15H24N4O3S2.ClH/c1-3-22-13(21)9-23-15-19-18-14(24-15)17-12(20)8-10(2)11-4-6-16-7-5-11;/h10-11,16H,3-9H2,1-2H3,(H,17,18,20);1H. The lowest BCUT2D eigenvalue weighted by molar-refractivity contribution is -0.139. The van der Waals surface area contributed by atoms with Crippen LogP contribution in [-0.2, 0) is 14.3 Å². The van der Waals surface area contributed by atoms with Crippen molar-refractivity contribution in [2.24, 2.45) is 11.8 Å². The largest absolute Gasteiger partial charge is 0.465 e. The third-order valence-corrected chi connectivity index (χ3v) is 5.91. The summed E-state index contributed by atoms with van der Waals surface area (Å²) in [5.74, 6) is 0.849. The fraction of sp³-hybridized carbons (Fsp3) is 0.733. The Morgan fingerprint density at radius 2 is 2.12 bits per heavy atom. The van der Waals surface area contributed by atoms with Gasteiger partial charge in [-0.2, -0.15) is 0 Å². The second-order valence-electron chi connectivity index (χ2n) is 5.78. The van der Waals surface area contributed by atoms with Gasteiger partial charge in [0.2, 0.25) is 11.0 Å². The van der Waals surface area contributed by atoms with Crippen LogP contribution in [0.1, 0.15) is 33.1 Å². The summed E-state index contributed by atoms with van der Waals surface area (Å²) in [6.07, 6.45) is 2.75. The Bertz CT molecular complexity index is 553. The van der Waals surface area contributed by atoms with Gasteiger partial charge in [-0.1, -0.05) is 30.0 Å². The number of hydrogen-bond acceptors (Lipinski definition) is 8. The molecule has 7 nitrogen and oxygen atoms in total. The monoisotopic (exact) mass is 408 g/mol. The number of halogens is 1. The molecular weight excluding hydrogens is 384 g/mol. The van der Waals surface area contributed by atoms with Crippen molar-refractivity contribution in [1.29, 1.82) is 0 Å². The number of nitrogens with zero attached hydrogens (tertiary/aromatic N) is 2. The number of esters is 1. The van der Waals surface area contributed by atoms with Gasteiger partial charge < -0.3 is 15.4 Å². The van der Waals surface area contributed by atoms with E-state index in [4.69, 9.17) is 4.74 Å². The van der Waals surface area contributed by atoms with Crippen LogP contribution >= 0.6 is 35.5 Å². The maximum atomic E-state index is 12.2. The molecule has 2 heterocycles. The highest BCUT2D eigenvalue weighted by molar-refractivity contribution is 8.01. The van der Waals surface area contributed by atoms with Crippen LogP contribution < -0.4 is 10.6 Å². The predicted molar refractivity (Wildman–Crippen MR) is 103 cm³/mol. The zero-order chi connectivity index (χ0) is 17.4. The first-order chi connectivity index (χ1) is 11.6. The number of thioether (sulfide) groups is 1. The van der Waals surface area contributed by atoms with E-state index in [0.717, 1.165) is 25.9 Å². The molecule has 25 heavy (non-hydrogen) atoms. The van der Waals surface area contributed by atoms with Crippen molar-refractivity contribution in [2.75, 3.05) is 30.8 Å². The van der Waals surface area contributed by atoms with E-state index in [0.29, 0.717) is 34.3 Å². The molecule has 0 aliphatic carbocycles. The first kappa shape index (κ1) is 22.1. The molecule has 142 valence electrons. The van der Waals surface area contributed by atoms with Gasteiger partial charge >= 0.3 is 5.97 Å². The third-order valence-electron chi connectivity index (χ3n) is 3.97. The van der Waals surface area contributed by atoms with Crippen LogP contribution in [0.5, 0.6) is 0 Å². The second-order valence-corrected chi connectivity index (χ2v) is 7.98. The van der Waals surface area contributed by atoms with Crippen LogP contribution in [0, 0.1) is 11.8 Å². The number of nitrogens with one attached hydrogen (secondary N) is 2. The molecule has 0 saturated carbocycles. The molecule has 1 aliphatic heterocycles. The SMILES string of the molecule is CCOC(=O)CSc1nnc(NC(=O)CC(C)C2CCNCC2)s1.Cl. The lowest BCUT2D eigenvalue weighted by Gasteiger charge is -2.27. The van der Waals surface area contributed by atoms with E-state index >= 15 is 0 Å². The fourth-order valence-corrected chi connectivity index (χ4v) is 4.25. The van der Waals surface area contributed by atoms with Crippen LogP contribution in [0.3, 0.4) is 0 Å². The minimum Gasteiger partial charge on any atom is -0.465 e. The van der Waals surface area contributed by atoms with E-state index < -0.39 is 0 Å². The molecule has 0 aromatic carbocycles. The topological polar surface area (TPSA) is 93.2 Å². The van der Waals surface area contributed by atoms with Gasteiger partial charge in [-0.3, -0.25) is 9.59 Å². The minimum absolute atomic E-state index is 0. The number of hydrogen-bond donors (Lipinski definition) is 2. The molecule has 1 aromatic rings. The van der Waals surface area contributed by atoms with E-state index in [9.17, 15) is 9.59 Å². The van der Waals surface area contributed by atoms with Crippen molar-refractivity contribution in [3.05, 3.63) is 0 Å². The summed E-state index contributed by atoms with van der Waals surface area (Å²) >= 11 is 2.54. The Kier molecular flexibility index (Phi) is 10.3. The maximum Gasteiger partial charge on any atom is 0.316 e. The zero-order valence-electron chi connectivity index (χ0n) is 14.4. The van der Waals surface area contributed by atoms with Crippen LogP contribution in [0.4, 0.5) is 5.13 Å². The predicted octanol–water partition coefficient (Wildman–Crippen LogP) is 2.58. The van der Waals surface area contributed by atoms with Gasteiger partial charge in [0.25, 0.3) is 0 Å². The highest BCUT2D eigenvalue weighted by Gasteiger charge is 2.22. The van der Waals surface area contributed by atoms with Crippen molar-refractivity contribution < 1.29 is 14.3 Å². The van der Waals surface area contributed by atoms with E-state index in [2.05, 4.69) is 27.8 Å². The van der Waals surface area contributed by atoms with Crippen molar-refractivity contribution in [2.45, 2.75) is 37.4 Å². The van der Waals surface area contributed by atoms with E-state index in [-0.39, 0.29) is 30.0 Å². The fourth-order valence-electron chi connectivity index (χ4n) is 2.68. The Morgan fingerprint density at radius 1 is 1.40 bits per heavy atom. The number of piperidine rings is 1. The zero-order valence-corrected chi connectivity index (χ0v) is 16.9. The molecule has 0 bridgehead atoms. The lowest BCUT2D eigenvalue weighted by Crippen LogP contribution is -2.32. The van der Waals surface area contributed by atoms with Crippen LogP contribution in [0.15, 0.2) is 4.34 Å². The highest BCUT2D eigenvalue weighted by Crippen LogP contribution is 2.27. The summed E-state index contributed by atoms with van der Waals surface area (Å²) in [6.45, 7) is 6.34. The van der Waals surface area contributed by atoms with E-state index in [1.165, 1.54) is 23.1 Å². The van der Waals surface area contributed by atoms with Crippen molar-refractivity contribution in [3.8, 4) is 0 Å². The third kappa shape index (κ3) is 7.89. The molecule has 0 radical (unpaired) electrons. The van der Waals surface area contributed by atoms with Gasteiger partial charge in [0.1, 0.15) is 0 Å². The van der Waals surface area contributed by atoms with E-state index in [1.807, 2.05) is 0 Å². The molecule has 1 atom stereocenters. The number of anilines is 1. The molecular formula is C15H25ClN4O3S2. The van der Waals surface area contributed by atoms with Gasteiger partial charge in [-0.15, -0.1) is 22.6 Å². The summed E-state index contributed by atoms with van der Waals surface area (Å²) in [5.41, 5.74) is 0. The summed E-state index contributed by atoms with van der Waals surface area (Å²) in [4.78, 5) is 23.5. The molecule has 1 fully saturated rings. The molecule has 1 saturated heterocycles. The average molecular weight is 409 g/mol. The van der Waals surface area contributed by atoms with Crippen LogP contribution in [0.25, 0.3) is 0 Å². The number of carbonyl (C=O) groups excluding carboxylic acids is 2. The summed E-state index contributed by atoms with van der Waals surface area (Å²) in [6, 6.07) is 0.